The smallest absolute Gasteiger partial charge is 0.210 e. The molecule has 0 saturated heterocycles. The summed E-state index contributed by atoms with van der Waals surface area (Å²) in [4.78, 5) is 4.21. The highest BCUT2D eigenvalue weighted by Crippen LogP contribution is 2.30. The lowest BCUT2D eigenvalue weighted by molar-refractivity contribution is 0.208. The Kier molecular flexibility index (Phi) is 6.49. The minimum atomic E-state index is 0.481. The minimum Gasteiger partial charge on any atom is -0.383 e. The van der Waals surface area contributed by atoms with Gasteiger partial charge >= 0.3 is 0 Å². The highest BCUT2D eigenvalue weighted by Gasteiger charge is 2.06. The molecular formula is C10H14Br2N4O. The van der Waals surface area contributed by atoms with Gasteiger partial charge in [-0.15, -0.1) is 0 Å². The molecule has 4 N–H and O–H groups in total. The molecule has 0 bridgehead atoms. The maximum atomic E-state index is 5.39. The number of guanidine groups is 1. The van der Waals surface area contributed by atoms with Crippen LogP contribution in [0, 0.1) is 0 Å². The molecule has 0 amide bonds. The van der Waals surface area contributed by atoms with Crippen molar-refractivity contribution in [2.45, 2.75) is 0 Å². The van der Waals surface area contributed by atoms with Crippen LogP contribution in [0.5, 0.6) is 0 Å². The minimum absolute atomic E-state index is 0.481. The van der Waals surface area contributed by atoms with Crippen LogP contribution in [0.25, 0.3) is 0 Å². The number of nitrogens with one attached hydrogen (secondary N) is 2. The van der Waals surface area contributed by atoms with Gasteiger partial charge in [0.2, 0.25) is 5.96 Å². The molecule has 0 unspecified atom stereocenters. The first kappa shape index (κ1) is 14.4. The molecule has 7 heteroatoms. The molecule has 5 nitrogen and oxygen atoms in total. The van der Waals surface area contributed by atoms with Crippen molar-refractivity contribution in [3.63, 3.8) is 0 Å². The Bertz CT molecular complexity index is 378. The molecule has 1 aromatic carbocycles. The second-order valence-corrected chi connectivity index (χ2v) is 4.80. The third-order valence-electron chi connectivity index (χ3n) is 1.91. The summed E-state index contributed by atoms with van der Waals surface area (Å²) in [6.07, 6.45) is 0. The van der Waals surface area contributed by atoms with Crippen molar-refractivity contribution in [2.75, 3.05) is 25.6 Å². The predicted octanol–water partition coefficient (Wildman–Crippen LogP) is 2.09. The SMILES string of the molecule is COCCN=C(NN)Nc1c(Br)cccc1Br. The molecule has 0 spiro atoms. The van der Waals surface area contributed by atoms with Gasteiger partial charge in [0.25, 0.3) is 0 Å². The quantitative estimate of drug-likeness (QED) is 0.251. The van der Waals surface area contributed by atoms with E-state index in [2.05, 4.69) is 47.6 Å². The molecule has 1 aromatic rings. The summed E-state index contributed by atoms with van der Waals surface area (Å²) >= 11 is 6.89. The largest absolute Gasteiger partial charge is 0.383 e. The zero-order chi connectivity index (χ0) is 12.7. The van der Waals surface area contributed by atoms with Gasteiger partial charge in [0.15, 0.2) is 0 Å². The van der Waals surface area contributed by atoms with Crippen molar-refractivity contribution < 1.29 is 4.74 Å². The van der Waals surface area contributed by atoms with Crippen molar-refractivity contribution in [1.29, 1.82) is 0 Å². The number of hydrazine groups is 1. The van der Waals surface area contributed by atoms with Crippen LogP contribution in [0.15, 0.2) is 32.1 Å². The van der Waals surface area contributed by atoms with E-state index >= 15 is 0 Å². The Morgan fingerprint density at radius 3 is 2.59 bits per heavy atom. The first-order chi connectivity index (χ1) is 8.19. The number of nitrogens with zero attached hydrogens (tertiary/aromatic N) is 1. The number of benzene rings is 1. The number of rotatable bonds is 4. The van der Waals surface area contributed by atoms with E-state index < -0.39 is 0 Å². The summed E-state index contributed by atoms with van der Waals surface area (Å²) < 4.78 is 6.75. The number of ether oxygens (including phenoxy) is 1. The fourth-order valence-corrected chi connectivity index (χ4v) is 2.30. The van der Waals surface area contributed by atoms with Gasteiger partial charge in [-0.25, -0.2) is 10.8 Å². The second kappa shape index (κ2) is 7.65. The summed E-state index contributed by atoms with van der Waals surface area (Å²) in [5.74, 6) is 5.87. The zero-order valence-corrected chi connectivity index (χ0v) is 12.5. The highest BCUT2D eigenvalue weighted by molar-refractivity contribution is 9.11. The molecule has 0 aliphatic heterocycles. The van der Waals surface area contributed by atoms with Gasteiger partial charge in [-0.2, -0.15) is 0 Å². The predicted molar refractivity (Wildman–Crippen MR) is 77.0 cm³/mol. The number of hydrogen-bond acceptors (Lipinski definition) is 3. The number of methoxy groups -OCH3 is 1. The molecule has 0 atom stereocenters. The maximum absolute atomic E-state index is 5.39. The number of para-hydroxylation sites is 1. The standard InChI is InChI=1S/C10H14Br2N4O/c1-17-6-5-14-10(16-13)15-9-7(11)3-2-4-8(9)12/h2-4H,5-6,13H2,1H3,(H2,14,15,16). The molecular weight excluding hydrogens is 352 g/mol. The van der Waals surface area contributed by atoms with Crippen molar-refractivity contribution in [3.8, 4) is 0 Å². The molecule has 0 radical (unpaired) electrons. The van der Waals surface area contributed by atoms with Gasteiger partial charge < -0.3 is 10.1 Å². The van der Waals surface area contributed by atoms with Crippen LogP contribution in [0.4, 0.5) is 5.69 Å². The Balaban J connectivity index is 2.77. The number of aliphatic imine (C=N–C) groups is 1. The highest BCUT2D eigenvalue weighted by atomic mass is 79.9. The topological polar surface area (TPSA) is 71.7 Å². The molecule has 0 fully saturated rings. The second-order valence-electron chi connectivity index (χ2n) is 3.09. The van der Waals surface area contributed by atoms with E-state index in [0.29, 0.717) is 19.1 Å². The van der Waals surface area contributed by atoms with Crippen molar-refractivity contribution in [1.82, 2.24) is 5.43 Å². The van der Waals surface area contributed by atoms with Crippen LogP contribution in [0.2, 0.25) is 0 Å². The first-order valence-corrected chi connectivity index (χ1v) is 6.48. The monoisotopic (exact) mass is 364 g/mol. The number of anilines is 1. The van der Waals surface area contributed by atoms with E-state index in [-0.39, 0.29) is 0 Å². The third kappa shape index (κ3) is 4.63. The van der Waals surface area contributed by atoms with Crippen molar-refractivity contribution in [2.24, 2.45) is 10.8 Å². The number of nitrogens with two attached hydrogens (primary N) is 1. The molecule has 1 rings (SSSR count). The Labute approximate surface area is 117 Å². The third-order valence-corrected chi connectivity index (χ3v) is 3.23. The zero-order valence-electron chi connectivity index (χ0n) is 9.34. The Morgan fingerprint density at radius 1 is 1.41 bits per heavy atom. The summed E-state index contributed by atoms with van der Waals surface area (Å²) in [5, 5.41) is 3.09. The molecule has 0 aliphatic rings. The fourth-order valence-electron chi connectivity index (χ4n) is 1.11. The van der Waals surface area contributed by atoms with E-state index in [4.69, 9.17) is 10.6 Å². The van der Waals surface area contributed by atoms with Crippen LogP contribution in [0.1, 0.15) is 0 Å². The fraction of sp³-hybridized carbons (Fsp3) is 0.300. The van der Waals surface area contributed by atoms with Gasteiger partial charge in [-0.3, -0.25) is 5.43 Å². The van der Waals surface area contributed by atoms with E-state index in [1.807, 2.05) is 18.2 Å². The maximum Gasteiger partial charge on any atom is 0.210 e. The number of halogens is 2. The summed E-state index contributed by atoms with van der Waals surface area (Å²) in [7, 11) is 1.63. The number of hydrogen-bond donors (Lipinski definition) is 3. The summed E-state index contributed by atoms with van der Waals surface area (Å²) in [6, 6.07) is 5.78. The summed E-state index contributed by atoms with van der Waals surface area (Å²) in [5.41, 5.74) is 3.37. The van der Waals surface area contributed by atoms with Crippen molar-refractivity contribution >= 4 is 43.5 Å². The van der Waals surface area contributed by atoms with E-state index in [1.54, 1.807) is 7.11 Å². The molecule has 0 aromatic heterocycles. The van der Waals surface area contributed by atoms with Gasteiger partial charge in [0, 0.05) is 16.1 Å². The Hall–Kier alpha value is -0.630. The lowest BCUT2D eigenvalue weighted by atomic mass is 10.3. The van der Waals surface area contributed by atoms with Crippen LogP contribution in [-0.4, -0.2) is 26.2 Å². The Morgan fingerprint density at radius 2 is 2.06 bits per heavy atom. The van der Waals surface area contributed by atoms with E-state index in [0.717, 1.165) is 14.6 Å². The molecule has 17 heavy (non-hydrogen) atoms. The van der Waals surface area contributed by atoms with Gasteiger partial charge in [-0.1, -0.05) is 6.07 Å². The van der Waals surface area contributed by atoms with Crippen LogP contribution in [-0.2, 0) is 4.74 Å². The normalized spacial score (nSPS) is 11.4. The van der Waals surface area contributed by atoms with Crippen LogP contribution < -0.4 is 16.6 Å². The molecule has 0 heterocycles. The van der Waals surface area contributed by atoms with E-state index in [1.165, 1.54) is 0 Å². The summed E-state index contributed by atoms with van der Waals surface area (Å²) in [6.45, 7) is 1.08. The molecule has 0 aliphatic carbocycles. The lowest BCUT2D eigenvalue weighted by Gasteiger charge is -2.12. The van der Waals surface area contributed by atoms with Crippen molar-refractivity contribution in [3.05, 3.63) is 27.1 Å². The lowest BCUT2D eigenvalue weighted by Crippen LogP contribution is -2.36. The molecule has 0 saturated carbocycles. The average molecular weight is 366 g/mol. The van der Waals surface area contributed by atoms with Crippen LogP contribution >= 0.6 is 31.9 Å². The van der Waals surface area contributed by atoms with Gasteiger partial charge in [0.05, 0.1) is 18.8 Å². The molecule has 94 valence electrons. The van der Waals surface area contributed by atoms with E-state index in [9.17, 15) is 0 Å². The van der Waals surface area contributed by atoms with Gasteiger partial charge in [0.1, 0.15) is 0 Å². The van der Waals surface area contributed by atoms with Gasteiger partial charge in [-0.05, 0) is 44.0 Å². The first-order valence-electron chi connectivity index (χ1n) is 4.90. The average Bonchev–Trinajstić information content (AvgIpc) is 2.32. The van der Waals surface area contributed by atoms with Crippen LogP contribution in [0.3, 0.4) is 0 Å².